The highest BCUT2D eigenvalue weighted by Crippen LogP contribution is 2.39. The van der Waals surface area contributed by atoms with Crippen molar-refractivity contribution in [1.29, 1.82) is 0 Å². The molecule has 4 rings (SSSR count). The monoisotopic (exact) mass is 335 g/mol. The van der Waals surface area contributed by atoms with Gasteiger partial charge in [0.25, 0.3) is 10.0 Å². The Kier molecular flexibility index (Phi) is 2.95. The molecule has 1 aliphatic carbocycles. The van der Waals surface area contributed by atoms with Crippen LogP contribution in [0.3, 0.4) is 0 Å². The minimum Gasteiger partial charge on any atom is -0.300 e. The van der Waals surface area contributed by atoms with Gasteiger partial charge in [0.2, 0.25) is 5.95 Å². The fourth-order valence-electron chi connectivity index (χ4n) is 2.38. The van der Waals surface area contributed by atoms with Crippen LogP contribution in [0.25, 0.3) is 10.2 Å². The van der Waals surface area contributed by atoms with E-state index in [2.05, 4.69) is 19.9 Å². The molecule has 0 bridgehead atoms. The van der Waals surface area contributed by atoms with Crippen molar-refractivity contribution in [3.05, 3.63) is 29.5 Å². The van der Waals surface area contributed by atoms with Crippen molar-refractivity contribution in [1.82, 2.24) is 19.7 Å². The first-order chi connectivity index (χ1) is 10.6. The van der Waals surface area contributed by atoms with E-state index in [9.17, 15) is 8.42 Å². The number of hydrogen-bond donors (Lipinski definition) is 1. The molecule has 2 heterocycles. The number of fused-ring (bicyclic) bond motifs is 1. The van der Waals surface area contributed by atoms with Crippen LogP contribution in [0.15, 0.2) is 28.6 Å². The molecule has 1 N–H and O–H groups in total. The number of sulfonamides is 1. The normalized spacial score (nSPS) is 15.3. The van der Waals surface area contributed by atoms with Crippen molar-refractivity contribution in [3.8, 4) is 0 Å². The lowest BCUT2D eigenvalue weighted by atomic mass is 10.3. The highest BCUT2D eigenvalue weighted by molar-refractivity contribution is 7.93. The summed E-state index contributed by atoms with van der Waals surface area (Å²) >= 11 is 1.41. The smallest absolute Gasteiger partial charge is 0.266 e. The molecule has 1 aromatic carbocycles. The average molecular weight is 335 g/mol. The molecule has 2 aromatic heterocycles. The summed E-state index contributed by atoms with van der Waals surface area (Å²) in [7, 11) is -1.98. The molecule has 0 saturated heterocycles. The van der Waals surface area contributed by atoms with Gasteiger partial charge in [-0.15, -0.1) is 21.5 Å². The number of benzene rings is 1. The van der Waals surface area contributed by atoms with Gasteiger partial charge in [-0.3, -0.25) is 4.57 Å². The zero-order valence-electron chi connectivity index (χ0n) is 11.7. The van der Waals surface area contributed by atoms with E-state index in [1.165, 1.54) is 11.3 Å². The molecule has 9 heteroatoms. The first-order valence-electron chi connectivity index (χ1n) is 6.80. The second kappa shape index (κ2) is 4.75. The maximum absolute atomic E-state index is 12.6. The molecule has 1 saturated carbocycles. The standard InChI is InChI=1S/C13H13N5O2S2/c1-18-12(8-5-6-8)15-16-13(18)17-22(19,20)10-4-2-3-9-11(10)14-7-21-9/h2-4,7-8H,5-6H2,1H3,(H,16,17). The lowest BCUT2D eigenvalue weighted by Crippen LogP contribution is -2.16. The Morgan fingerprint density at radius 2 is 2.14 bits per heavy atom. The Morgan fingerprint density at radius 1 is 1.32 bits per heavy atom. The summed E-state index contributed by atoms with van der Waals surface area (Å²) in [5, 5.41) is 8.04. The van der Waals surface area contributed by atoms with Crippen LogP contribution < -0.4 is 4.72 Å². The molecular weight excluding hydrogens is 322 g/mol. The quantitative estimate of drug-likeness (QED) is 0.788. The number of para-hydroxylation sites is 1. The fourth-order valence-corrected chi connectivity index (χ4v) is 4.35. The number of rotatable bonds is 4. The van der Waals surface area contributed by atoms with Gasteiger partial charge in [-0.1, -0.05) is 6.07 Å². The summed E-state index contributed by atoms with van der Waals surface area (Å²) in [6.45, 7) is 0. The van der Waals surface area contributed by atoms with Crippen LogP contribution in [-0.4, -0.2) is 28.2 Å². The minimum atomic E-state index is -3.75. The van der Waals surface area contributed by atoms with Crippen LogP contribution >= 0.6 is 11.3 Å². The van der Waals surface area contributed by atoms with E-state index in [4.69, 9.17) is 0 Å². The Hall–Kier alpha value is -2.00. The van der Waals surface area contributed by atoms with E-state index < -0.39 is 10.0 Å². The van der Waals surface area contributed by atoms with Gasteiger partial charge < -0.3 is 0 Å². The Morgan fingerprint density at radius 3 is 2.91 bits per heavy atom. The maximum atomic E-state index is 12.6. The number of aromatic nitrogens is 4. The predicted octanol–water partition coefficient (Wildman–Crippen LogP) is 2.10. The Balaban J connectivity index is 1.74. The van der Waals surface area contributed by atoms with E-state index in [0.717, 1.165) is 23.4 Å². The van der Waals surface area contributed by atoms with E-state index in [-0.39, 0.29) is 10.8 Å². The predicted molar refractivity (Wildman–Crippen MR) is 83.4 cm³/mol. The molecule has 0 unspecified atom stereocenters. The maximum Gasteiger partial charge on any atom is 0.266 e. The molecule has 0 radical (unpaired) electrons. The van der Waals surface area contributed by atoms with Crippen molar-refractivity contribution in [3.63, 3.8) is 0 Å². The highest BCUT2D eigenvalue weighted by atomic mass is 32.2. The van der Waals surface area contributed by atoms with Gasteiger partial charge in [-0.05, 0) is 25.0 Å². The van der Waals surface area contributed by atoms with Crippen LogP contribution in [0.2, 0.25) is 0 Å². The number of nitrogens with one attached hydrogen (secondary N) is 1. The van der Waals surface area contributed by atoms with Crippen molar-refractivity contribution in [2.24, 2.45) is 7.05 Å². The number of hydrogen-bond acceptors (Lipinski definition) is 6. The highest BCUT2D eigenvalue weighted by Gasteiger charge is 2.30. The SMILES string of the molecule is Cn1c(NS(=O)(=O)c2cccc3scnc23)nnc1C1CC1. The van der Waals surface area contributed by atoms with Crippen LogP contribution in [0, 0.1) is 0 Å². The summed E-state index contributed by atoms with van der Waals surface area (Å²) in [6.07, 6.45) is 2.16. The lowest BCUT2D eigenvalue weighted by Gasteiger charge is -2.08. The van der Waals surface area contributed by atoms with Crippen molar-refractivity contribution >= 4 is 37.5 Å². The Labute approximate surface area is 131 Å². The van der Waals surface area contributed by atoms with E-state index in [0.29, 0.717) is 11.4 Å². The summed E-state index contributed by atoms with van der Waals surface area (Å²) < 4.78 is 30.3. The Bertz CT molecular complexity index is 956. The summed E-state index contributed by atoms with van der Waals surface area (Å²) in [5.74, 6) is 1.46. The van der Waals surface area contributed by atoms with Crippen molar-refractivity contribution in [2.45, 2.75) is 23.7 Å². The van der Waals surface area contributed by atoms with Crippen LogP contribution in [0.5, 0.6) is 0 Å². The molecule has 1 fully saturated rings. The zero-order chi connectivity index (χ0) is 15.3. The van der Waals surface area contributed by atoms with Crippen LogP contribution in [0.4, 0.5) is 5.95 Å². The van der Waals surface area contributed by atoms with Crippen LogP contribution in [0.1, 0.15) is 24.6 Å². The van der Waals surface area contributed by atoms with E-state index in [1.54, 1.807) is 29.3 Å². The number of nitrogens with zero attached hydrogens (tertiary/aromatic N) is 4. The second-order valence-electron chi connectivity index (χ2n) is 5.28. The zero-order valence-corrected chi connectivity index (χ0v) is 13.4. The summed E-state index contributed by atoms with van der Waals surface area (Å²) in [6, 6.07) is 5.10. The summed E-state index contributed by atoms with van der Waals surface area (Å²) in [4.78, 5) is 4.30. The van der Waals surface area contributed by atoms with E-state index in [1.807, 2.05) is 6.07 Å². The molecule has 0 amide bonds. The van der Waals surface area contributed by atoms with Crippen LogP contribution in [-0.2, 0) is 17.1 Å². The minimum absolute atomic E-state index is 0.155. The topological polar surface area (TPSA) is 89.8 Å². The molecule has 7 nitrogen and oxygen atoms in total. The van der Waals surface area contributed by atoms with Gasteiger partial charge in [0.05, 0.1) is 10.2 Å². The van der Waals surface area contributed by atoms with Gasteiger partial charge in [0, 0.05) is 13.0 Å². The second-order valence-corrected chi connectivity index (χ2v) is 7.81. The van der Waals surface area contributed by atoms with E-state index >= 15 is 0 Å². The lowest BCUT2D eigenvalue weighted by molar-refractivity contribution is 0.601. The fraction of sp³-hybridized carbons (Fsp3) is 0.308. The molecule has 0 atom stereocenters. The van der Waals surface area contributed by atoms with Gasteiger partial charge in [0.1, 0.15) is 16.2 Å². The third kappa shape index (κ3) is 2.17. The third-order valence-electron chi connectivity index (χ3n) is 3.69. The number of thiazole rings is 1. The largest absolute Gasteiger partial charge is 0.300 e. The molecule has 0 aliphatic heterocycles. The van der Waals surface area contributed by atoms with Crippen molar-refractivity contribution in [2.75, 3.05) is 4.72 Å². The first kappa shape index (κ1) is 13.6. The molecule has 3 aromatic rings. The van der Waals surface area contributed by atoms with Gasteiger partial charge in [-0.2, -0.15) is 0 Å². The van der Waals surface area contributed by atoms with Crippen molar-refractivity contribution < 1.29 is 8.42 Å². The van der Waals surface area contributed by atoms with Gasteiger partial charge in [-0.25, -0.2) is 18.1 Å². The first-order valence-corrected chi connectivity index (χ1v) is 9.17. The summed E-state index contributed by atoms with van der Waals surface area (Å²) in [5.41, 5.74) is 2.11. The molecule has 22 heavy (non-hydrogen) atoms. The number of anilines is 1. The van der Waals surface area contributed by atoms with Gasteiger partial charge in [0.15, 0.2) is 0 Å². The third-order valence-corrected chi connectivity index (χ3v) is 5.84. The molecule has 0 spiro atoms. The molecular formula is C13H13N5O2S2. The molecule has 1 aliphatic rings. The average Bonchev–Trinajstić information content (AvgIpc) is 3.10. The molecule has 114 valence electrons. The van der Waals surface area contributed by atoms with Gasteiger partial charge >= 0.3 is 0 Å².